The lowest BCUT2D eigenvalue weighted by Crippen LogP contribution is -2.26. The van der Waals surface area contributed by atoms with E-state index in [1.54, 1.807) is 61.3 Å². The van der Waals surface area contributed by atoms with Gasteiger partial charge in [-0.15, -0.1) is 0 Å². The molecule has 8 aliphatic rings. The van der Waals surface area contributed by atoms with E-state index in [0.29, 0.717) is 17.8 Å². The van der Waals surface area contributed by atoms with E-state index in [1.807, 2.05) is 0 Å². The minimum absolute atomic E-state index is 0.343. The Kier molecular flexibility index (Phi) is 7.86. The highest BCUT2D eigenvalue weighted by Gasteiger charge is 2.40. The van der Waals surface area contributed by atoms with Crippen molar-refractivity contribution in [2.24, 2.45) is 11.8 Å². The summed E-state index contributed by atoms with van der Waals surface area (Å²) in [5.74, 6) is 1.46. The van der Waals surface area contributed by atoms with Crippen LogP contribution in [0.5, 0.6) is 0 Å². The molecule has 0 N–H and O–H groups in total. The number of hydrogen-bond donors (Lipinski definition) is 0. The Morgan fingerprint density at radius 3 is 2.24 bits per heavy atom. The monoisotopic (exact) mass is 700 g/mol. The molecule has 54 heavy (non-hydrogen) atoms. The molecular weight excluding hydrogens is 649 g/mol. The molecule has 0 aromatic heterocycles. The molecule has 0 fully saturated rings. The van der Waals surface area contributed by atoms with Crippen LogP contribution in [0.2, 0.25) is 0 Å². The van der Waals surface area contributed by atoms with Gasteiger partial charge in [-0.3, -0.25) is 0 Å². The molecule has 0 nitrogen and oxygen atoms in total. The molecule has 11 rings (SSSR count). The first-order valence-corrected chi connectivity index (χ1v) is 21.3. The molecule has 0 aliphatic heterocycles. The number of hydrogen-bond acceptors (Lipinski definition) is 0. The van der Waals surface area contributed by atoms with Crippen LogP contribution in [0.25, 0.3) is 28.3 Å². The number of allylic oxidation sites excluding steroid dienone is 17. The van der Waals surface area contributed by atoms with Crippen LogP contribution in [0.3, 0.4) is 0 Å². The van der Waals surface area contributed by atoms with Gasteiger partial charge < -0.3 is 0 Å². The molecule has 0 bridgehead atoms. The molecule has 3 aromatic rings. The fourth-order valence-electron chi connectivity index (χ4n) is 12.0. The highest BCUT2D eigenvalue weighted by atomic mass is 14.4. The first kappa shape index (κ1) is 32.7. The molecule has 0 heteroatoms. The van der Waals surface area contributed by atoms with E-state index in [-0.39, 0.29) is 0 Å². The third-order valence-corrected chi connectivity index (χ3v) is 14.6. The summed E-state index contributed by atoms with van der Waals surface area (Å²) in [5, 5.41) is 0. The lowest BCUT2D eigenvalue weighted by molar-refractivity contribution is 0.541. The van der Waals surface area contributed by atoms with Crippen LogP contribution in [-0.2, 0) is 12.8 Å². The Morgan fingerprint density at radius 2 is 1.31 bits per heavy atom. The highest BCUT2D eigenvalue weighted by Crippen LogP contribution is 2.57. The second-order valence-electron chi connectivity index (χ2n) is 17.4. The summed E-state index contributed by atoms with van der Waals surface area (Å²) >= 11 is 0. The van der Waals surface area contributed by atoms with Crippen molar-refractivity contribution >= 4 is 17.2 Å². The second kappa shape index (κ2) is 13.0. The average Bonchev–Trinajstić information content (AvgIpc) is 3.23. The first-order chi connectivity index (χ1) is 26.6. The topological polar surface area (TPSA) is 0 Å². The normalized spacial score (nSPS) is 25.1. The van der Waals surface area contributed by atoms with Gasteiger partial charge in [0.2, 0.25) is 0 Å². The SMILES string of the molecule is CC1=CCC2CCC=CC2=C1C1CC2=C(CC(c3c(C)ccc4c3C=CCC4)c3cc(-c4ccc5c(c4)CCC4=C5CCC=C4)ccc32)C2=C1C=CCC2. The molecular formula is C54H52. The summed E-state index contributed by atoms with van der Waals surface area (Å²) in [6, 6.07) is 19.9. The van der Waals surface area contributed by atoms with Gasteiger partial charge in [0.05, 0.1) is 0 Å². The first-order valence-electron chi connectivity index (χ1n) is 21.3. The van der Waals surface area contributed by atoms with Gasteiger partial charge in [0, 0.05) is 11.8 Å². The zero-order valence-electron chi connectivity index (χ0n) is 32.2. The summed E-state index contributed by atoms with van der Waals surface area (Å²) in [5.41, 5.74) is 29.5. The summed E-state index contributed by atoms with van der Waals surface area (Å²) < 4.78 is 0. The van der Waals surface area contributed by atoms with E-state index in [4.69, 9.17) is 0 Å². The molecule has 3 atom stereocenters. The molecule has 268 valence electrons. The fraction of sp³-hybridized carbons (Fsp3) is 0.333. The average molecular weight is 701 g/mol. The van der Waals surface area contributed by atoms with E-state index in [9.17, 15) is 0 Å². The lowest BCUT2D eigenvalue weighted by atomic mass is 9.62. The Hall–Kier alpha value is -4.68. The molecule has 3 aromatic carbocycles. The van der Waals surface area contributed by atoms with Gasteiger partial charge in [-0.2, -0.15) is 0 Å². The van der Waals surface area contributed by atoms with Crippen molar-refractivity contribution < 1.29 is 0 Å². The quantitative estimate of drug-likeness (QED) is 0.255. The zero-order valence-corrected chi connectivity index (χ0v) is 32.2. The van der Waals surface area contributed by atoms with E-state index < -0.39 is 0 Å². The van der Waals surface area contributed by atoms with Crippen molar-refractivity contribution in [3.05, 3.63) is 181 Å². The maximum atomic E-state index is 2.64. The van der Waals surface area contributed by atoms with Gasteiger partial charge in [-0.05, 0) is 210 Å². The van der Waals surface area contributed by atoms with Crippen molar-refractivity contribution in [2.75, 3.05) is 0 Å². The van der Waals surface area contributed by atoms with E-state index in [0.717, 1.165) is 38.5 Å². The molecule has 0 saturated carbocycles. The van der Waals surface area contributed by atoms with Crippen molar-refractivity contribution in [1.82, 2.24) is 0 Å². The van der Waals surface area contributed by atoms with E-state index in [2.05, 4.69) is 117 Å². The Morgan fingerprint density at radius 1 is 0.556 bits per heavy atom. The Bertz CT molecular complexity index is 2430. The Labute approximate surface area is 322 Å². The van der Waals surface area contributed by atoms with Crippen LogP contribution < -0.4 is 0 Å². The van der Waals surface area contributed by atoms with Crippen LogP contribution in [0.15, 0.2) is 136 Å². The van der Waals surface area contributed by atoms with Gasteiger partial charge in [0.15, 0.2) is 0 Å². The van der Waals surface area contributed by atoms with Gasteiger partial charge in [-0.1, -0.05) is 103 Å². The fourth-order valence-corrected chi connectivity index (χ4v) is 12.0. The van der Waals surface area contributed by atoms with Crippen molar-refractivity contribution in [2.45, 2.75) is 103 Å². The predicted octanol–water partition coefficient (Wildman–Crippen LogP) is 14.2. The van der Waals surface area contributed by atoms with Crippen molar-refractivity contribution in [1.29, 1.82) is 0 Å². The Balaban J connectivity index is 1.09. The third-order valence-electron chi connectivity index (χ3n) is 14.6. The van der Waals surface area contributed by atoms with Crippen molar-refractivity contribution in [3.8, 4) is 11.1 Å². The summed E-state index contributed by atoms with van der Waals surface area (Å²) in [4.78, 5) is 0. The maximum absolute atomic E-state index is 2.64. The molecule has 0 spiro atoms. The number of rotatable bonds is 3. The smallest absolute Gasteiger partial charge is 0.0145 e. The number of fused-ring (bicyclic) bond motifs is 7. The molecule has 0 amide bonds. The van der Waals surface area contributed by atoms with Gasteiger partial charge >= 0.3 is 0 Å². The molecule has 0 heterocycles. The third kappa shape index (κ3) is 5.16. The second-order valence-corrected chi connectivity index (χ2v) is 17.4. The summed E-state index contributed by atoms with van der Waals surface area (Å²) in [6.45, 7) is 4.79. The molecule has 8 aliphatic carbocycles. The summed E-state index contributed by atoms with van der Waals surface area (Å²) in [6.07, 6.45) is 37.5. The number of aryl methyl sites for hydroxylation is 3. The van der Waals surface area contributed by atoms with Crippen LogP contribution >= 0.6 is 0 Å². The van der Waals surface area contributed by atoms with Crippen molar-refractivity contribution in [3.63, 3.8) is 0 Å². The predicted molar refractivity (Wildman–Crippen MR) is 228 cm³/mol. The minimum Gasteiger partial charge on any atom is -0.0842 e. The van der Waals surface area contributed by atoms with Gasteiger partial charge in [0.1, 0.15) is 0 Å². The van der Waals surface area contributed by atoms with Crippen LogP contribution in [0.4, 0.5) is 0 Å². The molecule has 0 saturated heterocycles. The van der Waals surface area contributed by atoms with E-state index in [1.165, 1.54) is 89.5 Å². The molecule has 3 unspecified atom stereocenters. The number of benzene rings is 3. The van der Waals surface area contributed by atoms with Crippen LogP contribution in [0.1, 0.15) is 128 Å². The zero-order chi connectivity index (χ0) is 35.9. The van der Waals surface area contributed by atoms with Crippen LogP contribution in [-0.4, -0.2) is 0 Å². The van der Waals surface area contributed by atoms with Crippen LogP contribution in [0, 0.1) is 18.8 Å². The highest BCUT2D eigenvalue weighted by molar-refractivity contribution is 5.85. The van der Waals surface area contributed by atoms with E-state index >= 15 is 0 Å². The minimum atomic E-state index is 0.343. The van der Waals surface area contributed by atoms with Gasteiger partial charge in [-0.25, -0.2) is 0 Å². The maximum Gasteiger partial charge on any atom is 0.0145 e. The lowest BCUT2D eigenvalue weighted by Gasteiger charge is -2.42. The summed E-state index contributed by atoms with van der Waals surface area (Å²) in [7, 11) is 0. The largest absolute Gasteiger partial charge is 0.0842 e. The molecule has 0 radical (unpaired) electrons. The standard InChI is InChI=1S/C54H52/c1-33-19-21-36-12-4-7-15-43(36)53(33)51-31-50-47-28-26-39(38-25-27-42-40(29-38)24-23-35-11-3-6-14-41(35)42)30-48(47)52(32-49(50)45-17-9-10-18-46(45)51)54-34(2)20-22-37-13-5-8-16-44(37)54/h3,7-8,10-11,15-16,18-20,22,25-30,36,51-52H,4-6,9,12-14,17,21,23-24,31-32H2,1-2H3. The van der Waals surface area contributed by atoms with Gasteiger partial charge in [0.25, 0.3) is 0 Å².